The molecule has 2 rings (SSSR count). The maximum absolute atomic E-state index is 12.5. The van der Waals surface area contributed by atoms with E-state index in [4.69, 9.17) is 0 Å². The predicted octanol–water partition coefficient (Wildman–Crippen LogP) is 2.66. The first kappa shape index (κ1) is 13.6. The normalized spacial score (nSPS) is 26.2. The van der Waals surface area contributed by atoms with Crippen molar-refractivity contribution in [2.24, 2.45) is 11.8 Å². The van der Waals surface area contributed by atoms with E-state index in [0.717, 1.165) is 12.0 Å². The van der Waals surface area contributed by atoms with Gasteiger partial charge >= 0.3 is 0 Å². The SMILES string of the molecule is Cc1ccc(S(=O)(=O)N2C[C@@H](C)C[C@H](C)C2)cc1. The van der Waals surface area contributed by atoms with Crippen molar-refractivity contribution < 1.29 is 8.42 Å². The lowest BCUT2D eigenvalue weighted by Gasteiger charge is -2.34. The average molecular weight is 267 g/mol. The molecule has 1 aromatic rings. The highest BCUT2D eigenvalue weighted by Gasteiger charge is 2.31. The van der Waals surface area contributed by atoms with Crippen molar-refractivity contribution in [2.75, 3.05) is 13.1 Å². The van der Waals surface area contributed by atoms with Crippen molar-refractivity contribution in [1.82, 2.24) is 4.31 Å². The molecule has 0 aliphatic carbocycles. The minimum absolute atomic E-state index is 0.411. The summed E-state index contributed by atoms with van der Waals surface area (Å²) in [6.07, 6.45) is 1.11. The van der Waals surface area contributed by atoms with Crippen LogP contribution in [0.25, 0.3) is 0 Å². The van der Waals surface area contributed by atoms with E-state index >= 15 is 0 Å². The van der Waals surface area contributed by atoms with Crippen molar-refractivity contribution in [1.29, 1.82) is 0 Å². The second-order valence-electron chi connectivity index (χ2n) is 5.58. The molecule has 3 nitrogen and oxygen atoms in total. The standard InChI is InChI=1S/C14H21NO2S/c1-11-4-6-14(7-5-11)18(16,17)15-9-12(2)8-13(3)10-15/h4-7,12-13H,8-10H2,1-3H3/t12-,13-/m0/s1. The molecule has 2 atom stereocenters. The van der Waals surface area contributed by atoms with Crippen LogP contribution in [-0.2, 0) is 10.0 Å². The van der Waals surface area contributed by atoms with E-state index in [-0.39, 0.29) is 0 Å². The summed E-state index contributed by atoms with van der Waals surface area (Å²) in [6, 6.07) is 7.11. The molecule has 1 aromatic carbocycles. The summed E-state index contributed by atoms with van der Waals surface area (Å²) in [4.78, 5) is 0.411. The molecule has 0 bridgehead atoms. The number of hydrogen-bond donors (Lipinski definition) is 0. The van der Waals surface area contributed by atoms with Crippen LogP contribution in [0.2, 0.25) is 0 Å². The molecule has 0 saturated carbocycles. The van der Waals surface area contributed by atoms with E-state index < -0.39 is 10.0 Å². The van der Waals surface area contributed by atoms with E-state index in [1.807, 2.05) is 19.1 Å². The van der Waals surface area contributed by atoms with Gasteiger partial charge in [-0.2, -0.15) is 4.31 Å². The Kier molecular flexibility index (Phi) is 3.78. The fraction of sp³-hybridized carbons (Fsp3) is 0.571. The minimum atomic E-state index is -3.31. The Bertz CT molecular complexity index is 497. The number of nitrogens with zero attached hydrogens (tertiary/aromatic N) is 1. The maximum Gasteiger partial charge on any atom is 0.243 e. The molecule has 4 heteroatoms. The molecule has 0 amide bonds. The first-order valence-electron chi connectivity index (χ1n) is 6.46. The van der Waals surface area contributed by atoms with Gasteiger partial charge in [-0.05, 0) is 37.3 Å². The summed E-state index contributed by atoms with van der Waals surface area (Å²) in [5, 5.41) is 0. The van der Waals surface area contributed by atoms with Gasteiger partial charge in [-0.1, -0.05) is 31.5 Å². The minimum Gasteiger partial charge on any atom is -0.207 e. The summed E-state index contributed by atoms with van der Waals surface area (Å²) in [5.41, 5.74) is 1.08. The summed E-state index contributed by atoms with van der Waals surface area (Å²) < 4.78 is 26.7. The average Bonchev–Trinajstić information content (AvgIpc) is 2.28. The second kappa shape index (κ2) is 5.02. The van der Waals surface area contributed by atoms with Crippen molar-refractivity contribution >= 4 is 10.0 Å². The molecule has 1 aliphatic rings. The number of benzene rings is 1. The van der Waals surface area contributed by atoms with E-state index in [0.29, 0.717) is 29.8 Å². The van der Waals surface area contributed by atoms with E-state index in [1.54, 1.807) is 16.4 Å². The van der Waals surface area contributed by atoms with Crippen LogP contribution in [0.1, 0.15) is 25.8 Å². The zero-order chi connectivity index (χ0) is 13.3. The van der Waals surface area contributed by atoms with Crippen molar-refractivity contribution in [2.45, 2.75) is 32.1 Å². The number of hydrogen-bond acceptors (Lipinski definition) is 2. The largest absolute Gasteiger partial charge is 0.243 e. The molecule has 1 fully saturated rings. The maximum atomic E-state index is 12.5. The van der Waals surface area contributed by atoms with Crippen LogP contribution in [0, 0.1) is 18.8 Å². The third-order valence-corrected chi connectivity index (χ3v) is 5.34. The molecule has 18 heavy (non-hydrogen) atoms. The first-order chi connectivity index (χ1) is 8.39. The van der Waals surface area contributed by atoms with Gasteiger partial charge in [-0.3, -0.25) is 0 Å². The van der Waals surface area contributed by atoms with Gasteiger partial charge < -0.3 is 0 Å². The van der Waals surface area contributed by atoms with Gasteiger partial charge in [0.25, 0.3) is 0 Å². The Hall–Kier alpha value is -0.870. The third kappa shape index (κ3) is 2.75. The zero-order valence-electron chi connectivity index (χ0n) is 11.3. The fourth-order valence-corrected chi connectivity index (χ4v) is 4.34. The lowest BCUT2D eigenvalue weighted by Crippen LogP contribution is -2.42. The van der Waals surface area contributed by atoms with Crippen LogP contribution in [0.4, 0.5) is 0 Å². The Morgan fingerprint density at radius 2 is 1.56 bits per heavy atom. The number of aryl methyl sites for hydroxylation is 1. The molecule has 0 unspecified atom stereocenters. The first-order valence-corrected chi connectivity index (χ1v) is 7.90. The molecule has 0 spiro atoms. The number of rotatable bonds is 2. The van der Waals surface area contributed by atoms with Crippen molar-refractivity contribution in [3.63, 3.8) is 0 Å². The van der Waals surface area contributed by atoms with Gasteiger partial charge in [-0.15, -0.1) is 0 Å². The van der Waals surface area contributed by atoms with Gasteiger partial charge in [0, 0.05) is 13.1 Å². The molecule has 1 aliphatic heterocycles. The lowest BCUT2D eigenvalue weighted by molar-refractivity contribution is 0.222. The van der Waals surface area contributed by atoms with Crippen LogP contribution in [0.3, 0.4) is 0 Å². The van der Waals surface area contributed by atoms with Crippen molar-refractivity contribution in [3.05, 3.63) is 29.8 Å². The highest BCUT2D eigenvalue weighted by Crippen LogP contribution is 2.26. The highest BCUT2D eigenvalue weighted by atomic mass is 32.2. The zero-order valence-corrected chi connectivity index (χ0v) is 12.1. The Morgan fingerprint density at radius 3 is 2.06 bits per heavy atom. The topological polar surface area (TPSA) is 37.4 Å². The summed E-state index contributed by atoms with van der Waals surface area (Å²) in [6.45, 7) is 7.48. The van der Waals surface area contributed by atoms with E-state index in [2.05, 4.69) is 13.8 Å². The molecule has 0 radical (unpaired) electrons. The van der Waals surface area contributed by atoms with E-state index in [9.17, 15) is 8.42 Å². The second-order valence-corrected chi connectivity index (χ2v) is 7.52. The van der Waals surface area contributed by atoms with Gasteiger partial charge in [0.15, 0.2) is 0 Å². The molecule has 0 N–H and O–H groups in total. The summed E-state index contributed by atoms with van der Waals surface area (Å²) >= 11 is 0. The number of sulfonamides is 1. The Morgan fingerprint density at radius 1 is 1.06 bits per heavy atom. The van der Waals surface area contributed by atoms with E-state index in [1.165, 1.54) is 0 Å². The van der Waals surface area contributed by atoms with Gasteiger partial charge in [0.1, 0.15) is 0 Å². The Balaban J connectivity index is 2.28. The highest BCUT2D eigenvalue weighted by molar-refractivity contribution is 7.89. The van der Waals surface area contributed by atoms with Crippen LogP contribution < -0.4 is 0 Å². The van der Waals surface area contributed by atoms with Crippen molar-refractivity contribution in [3.8, 4) is 0 Å². The molecular formula is C14H21NO2S. The fourth-order valence-electron chi connectivity index (χ4n) is 2.66. The summed E-state index contributed by atoms with van der Waals surface area (Å²) in [7, 11) is -3.31. The summed E-state index contributed by atoms with van der Waals surface area (Å²) in [5.74, 6) is 0.878. The monoisotopic (exact) mass is 267 g/mol. The molecule has 1 saturated heterocycles. The molecular weight excluding hydrogens is 246 g/mol. The van der Waals surface area contributed by atoms with Gasteiger partial charge in [-0.25, -0.2) is 8.42 Å². The molecule has 1 heterocycles. The molecule has 100 valence electrons. The van der Waals surface area contributed by atoms with Gasteiger partial charge in [0.2, 0.25) is 10.0 Å². The Labute approximate surface area is 110 Å². The van der Waals surface area contributed by atoms with Crippen LogP contribution in [-0.4, -0.2) is 25.8 Å². The third-order valence-electron chi connectivity index (χ3n) is 3.49. The lowest BCUT2D eigenvalue weighted by atomic mass is 9.94. The number of piperidine rings is 1. The molecule has 0 aromatic heterocycles. The van der Waals surface area contributed by atoms with Crippen LogP contribution in [0.15, 0.2) is 29.2 Å². The quantitative estimate of drug-likeness (QED) is 0.826. The van der Waals surface area contributed by atoms with Gasteiger partial charge in [0.05, 0.1) is 4.90 Å². The van der Waals surface area contributed by atoms with Crippen LogP contribution in [0.5, 0.6) is 0 Å². The predicted molar refractivity (Wildman–Crippen MR) is 72.9 cm³/mol. The van der Waals surface area contributed by atoms with Crippen LogP contribution >= 0.6 is 0 Å². The smallest absolute Gasteiger partial charge is 0.207 e.